The third kappa shape index (κ3) is 3.17. The molecule has 1 aromatic heterocycles. The van der Waals surface area contributed by atoms with E-state index in [9.17, 15) is 0 Å². The number of nitrogens with zero attached hydrogens (tertiary/aromatic N) is 2. The van der Waals surface area contributed by atoms with Crippen LogP contribution in [-0.2, 0) is 6.42 Å². The minimum absolute atomic E-state index is 0.0773. The Hall–Kier alpha value is -1.13. The third-order valence-electron chi connectivity index (χ3n) is 2.31. The molecule has 1 unspecified atom stereocenters. The van der Waals surface area contributed by atoms with Crippen LogP contribution in [0, 0.1) is 0 Å². The molecule has 0 aliphatic heterocycles. The van der Waals surface area contributed by atoms with Crippen LogP contribution >= 0.6 is 22.9 Å². The molecule has 1 heterocycles. The van der Waals surface area contributed by atoms with Crippen LogP contribution in [-0.4, -0.2) is 17.3 Å². The van der Waals surface area contributed by atoms with Gasteiger partial charge in [0, 0.05) is 6.42 Å². The summed E-state index contributed by atoms with van der Waals surface area (Å²) >= 11 is 7.51. The third-order valence-corrected chi connectivity index (χ3v) is 3.75. The molecule has 2 rings (SSSR count). The summed E-state index contributed by atoms with van der Waals surface area (Å²) in [5.74, 6) is 0.859. The number of hydrogen-bond donors (Lipinski definition) is 0. The van der Waals surface area contributed by atoms with Gasteiger partial charge in [0.05, 0.1) is 12.5 Å². The van der Waals surface area contributed by atoms with E-state index in [1.165, 1.54) is 0 Å². The van der Waals surface area contributed by atoms with Crippen LogP contribution in [0.15, 0.2) is 24.3 Å². The molecule has 0 amide bonds. The zero-order valence-corrected chi connectivity index (χ0v) is 11.3. The van der Waals surface area contributed by atoms with E-state index in [-0.39, 0.29) is 5.38 Å². The van der Waals surface area contributed by atoms with Gasteiger partial charge >= 0.3 is 0 Å². The molecular formula is C12H13ClN2OS. The van der Waals surface area contributed by atoms with Gasteiger partial charge in [-0.05, 0) is 24.6 Å². The van der Waals surface area contributed by atoms with Crippen molar-refractivity contribution in [3.05, 3.63) is 39.8 Å². The maximum Gasteiger partial charge on any atom is 0.135 e. The van der Waals surface area contributed by atoms with Gasteiger partial charge in [0.2, 0.25) is 0 Å². The van der Waals surface area contributed by atoms with Crippen molar-refractivity contribution in [2.45, 2.75) is 18.7 Å². The molecule has 0 N–H and O–H groups in total. The van der Waals surface area contributed by atoms with E-state index in [1.54, 1.807) is 18.4 Å². The second-order valence-corrected chi connectivity index (χ2v) is 5.43. The van der Waals surface area contributed by atoms with Crippen LogP contribution < -0.4 is 4.74 Å². The summed E-state index contributed by atoms with van der Waals surface area (Å²) in [6.45, 7) is 1.90. The Balaban J connectivity index is 2.13. The quantitative estimate of drug-likeness (QED) is 0.797. The monoisotopic (exact) mass is 268 g/mol. The van der Waals surface area contributed by atoms with Gasteiger partial charge in [0.25, 0.3) is 0 Å². The number of aromatic nitrogens is 2. The largest absolute Gasteiger partial charge is 0.497 e. The average molecular weight is 269 g/mol. The zero-order chi connectivity index (χ0) is 12.3. The summed E-state index contributed by atoms with van der Waals surface area (Å²) in [5.41, 5.74) is 1.16. The first-order chi connectivity index (χ1) is 8.19. The predicted molar refractivity (Wildman–Crippen MR) is 70.0 cm³/mol. The number of rotatable bonds is 4. The first kappa shape index (κ1) is 12.3. The van der Waals surface area contributed by atoms with Crippen molar-refractivity contribution in [3.63, 3.8) is 0 Å². The second-order valence-electron chi connectivity index (χ2n) is 3.68. The average Bonchev–Trinajstić information content (AvgIpc) is 2.78. The van der Waals surface area contributed by atoms with Gasteiger partial charge in [-0.25, -0.2) is 0 Å². The van der Waals surface area contributed by atoms with Gasteiger partial charge in [-0.15, -0.1) is 21.8 Å². The highest BCUT2D eigenvalue weighted by Crippen LogP contribution is 2.24. The van der Waals surface area contributed by atoms with Crippen LogP contribution in [0.4, 0.5) is 0 Å². The Morgan fingerprint density at radius 1 is 1.41 bits per heavy atom. The lowest BCUT2D eigenvalue weighted by Gasteiger charge is -2.01. The molecule has 0 aliphatic rings. The van der Waals surface area contributed by atoms with Crippen molar-refractivity contribution in [1.29, 1.82) is 0 Å². The predicted octanol–water partition coefficient (Wildman–Crippen LogP) is 3.44. The normalized spacial score (nSPS) is 12.4. The molecule has 0 saturated heterocycles. The molecule has 2 aromatic rings. The van der Waals surface area contributed by atoms with Crippen molar-refractivity contribution in [3.8, 4) is 5.75 Å². The van der Waals surface area contributed by atoms with Crippen molar-refractivity contribution < 1.29 is 4.74 Å². The molecule has 0 fully saturated rings. The van der Waals surface area contributed by atoms with Crippen molar-refractivity contribution in [2.75, 3.05) is 7.11 Å². The Labute approximate surface area is 109 Å². The fourth-order valence-electron chi connectivity index (χ4n) is 1.46. The Kier molecular flexibility index (Phi) is 3.97. The van der Waals surface area contributed by atoms with E-state index in [0.29, 0.717) is 0 Å². The smallest absolute Gasteiger partial charge is 0.135 e. The van der Waals surface area contributed by atoms with Gasteiger partial charge in [-0.2, -0.15) is 0 Å². The van der Waals surface area contributed by atoms with Crippen molar-refractivity contribution in [2.24, 2.45) is 0 Å². The molecule has 0 aliphatic carbocycles. The second kappa shape index (κ2) is 5.47. The number of halogens is 1. The highest BCUT2D eigenvalue weighted by molar-refractivity contribution is 7.11. The fourth-order valence-corrected chi connectivity index (χ4v) is 2.44. The maximum absolute atomic E-state index is 5.96. The minimum Gasteiger partial charge on any atom is -0.497 e. The fraction of sp³-hybridized carbons (Fsp3) is 0.333. The molecule has 0 saturated carbocycles. The molecule has 1 atom stereocenters. The summed E-state index contributed by atoms with van der Waals surface area (Å²) in [6.07, 6.45) is 0.762. The van der Waals surface area contributed by atoms with E-state index in [1.807, 2.05) is 31.2 Å². The first-order valence-corrected chi connectivity index (χ1v) is 6.53. The lowest BCUT2D eigenvalue weighted by molar-refractivity contribution is 0.414. The lowest BCUT2D eigenvalue weighted by Crippen LogP contribution is -1.89. The molecule has 3 nitrogen and oxygen atoms in total. The van der Waals surface area contributed by atoms with E-state index in [4.69, 9.17) is 16.3 Å². The van der Waals surface area contributed by atoms with Gasteiger partial charge in [0.1, 0.15) is 15.8 Å². The van der Waals surface area contributed by atoms with E-state index in [2.05, 4.69) is 10.2 Å². The number of ether oxygens (including phenoxy) is 1. The molecule has 0 spiro atoms. The molecule has 0 radical (unpaired) electrons. The standard InChI is InChI=1S/C12H13ClN2OS/c1-8(13)12-15-14-11(17-12)7-9-4-3-5-10(6-9)16-2/h3-6,8H,7H2,1-2H3. The highest BCUT2D eigenvalue weighted by Gasteiger charge is 2.09. The van der Waals surface area contributed by atoms with Crippen LogP contribution in [0.25, 0.3) is 0 Å². The Morgan fingerprint density at radius 2 is 2.24 bits per heavy atom. The van der Waals surface area contributed by atoms with Gasteiger partial charge in [-0.3, -0.25) is 0 Å². The van der Waals surface area contributed by atoms with Crippen LogP contribution in [0.5, 0.6) is 5.75 Å². The Bertz CT molecular complexity index is 499. The molecule has 17 heavy (non-hydrogen) atoms. The topological polar surface area (TPSA) is 35.0 Å². The minimum atomic E-state index is -0.0773. The van der Waals surface area contributed by atoms with E-state index < -0.39 is 0 Å². The highest BCUT2D eigenvalue weighted by atomic mass is 35.5. The summed E-state index contributed by atoms with van der Waals surface area (Å²) < 4.78 is 5.18. The number of methoxy groups -OCH3 is 1. The summed E-state index contributed by atoms with van der Waals surface area (Å²) in [4.78, 5) is 0. The SMILES string of the molecule is COc1cccc(Cc2nnc(C(C)Cl)s2)c1. The summed E-state index contributed by atoms with van der Waals surface area (Å²) in [6, 6.07) is 7.95. The molecule has 0 bridgehead atoms. The molecular weight excluding hydrogens is 256 g/mol. The van der Waals surface area contributed by atoms with Crippen LogP contribution in [0.1, 0.15) is 27.9 Å². The molecule has 5 heteroatoms. The maximum atomic E-state index is 5.96. The lowest BCUT2D eigenvalue weighted by atomic mass is 10.1. The number of benzene rings is 1. The first-order valence-electron chi connectivity index (χ1n) is 5.28. The van der Waals surface area contributed by atoms with Crippen molar-refractivity contribution >= 4 is 22.9 Å². The van der Waals surface area contributed by atoms with E-state index >= 15 is 0 Å². The molecule has 1 aromatic carbocycles. The van der Waals surface area contributed by atoms with Gasteiger partial charge in [-0.1, -0.05) is 23.5 Å². The van der Waals surface area contributed by atoms with E-state index in [0.717, 1.165) is 27.7 Å². The Morgan fingerprint density at radius 3 is 2.88 bits per heavy atom. The number of hydrogen-bond acceptors (Lipinski definition) is 4. The molecule has 90 valence electrons. The number of alkyl halides is 1. The van der Waals surface area contributed by atoms with Crippen LogP contribution in [0.2, 0.25) is 0 Å². The summed E-state index contributed by atoms with van der Waals surface area (Å²) in [5, 5.41) is 9.95. The van der Waals surface area contributed by atoms with Crippen LogP contribution in [0.3, 0.4) is 0 Å². The summed E-state index contributed by atoms with van der Waals surface area (Å²) in [7, 11) is 1.66. The van der Waals surface area contributed by atoms with Crippen molar-refractivity contribution in [1.82, 2.24) is 10.2 Å². The van der Waals surface area contributed by atoms with Gasteiger partial charge < -0.3 is 4.74 Å². The zero-order valence-electron chi connectivity index (χ0n) is 9.68. The van der Waals surface area contributed by atoms with Gasteiger partial charge in [0.15, 0.2) is 0 Å².